The number of carbonyl (C=O) groups is 1. The number of oxazole rings is 1. The highest BCUT2D eigenvalue weighted by atomic mass is 16.5. The molecular formula is C24H22N2O4. The Hall–Kier alpha value is -3.80. The zero-order valence-electron chi connectivity index (χ0n) is 17.1. The van der Waals surface area contributed by atoms with E-state index in [0.29, 0.717) is 28.6 Å². The molecule has 1 heterocycles. The molecule has 0 spiro atoms. The summed E-state index contributed by atoms with van der Waals surface area (Å²) in [6.45, 7) is 2.10. The maximum absolute atomic E-state index is 12.9. The fourth-order valence-electron chi connectivity index (χ4n) is 3.31. The molecule has 1 amide bonds. The van der Waals surface area contributed by atoms with Gasteiger partial charge in [-0.1, -0.05) is 25.1 Å². The summed E-state index contributed by atoms with van der Waals surface area (Å²) in [6, 6.07) is 18.6. The van der Waals surface area contributed by atoms with Crippen molar-refractivity contribution in [2.45, 2.75) is 13.3 Å². The molecule has 30 heavy (non-hydrogen) atoms. The van der Waals surface area contributed by atoms with Crippen LogP contribution in [0.25, 0.3) is 22.6 Å². The van der Waals surface area contributed by atoms with Crippen molar-refractivity contribution < 1.29 is 18.7 Å². The summed E-state index contributed by atoms with van der Waals surface area (Å²) >= 11 is 0. The number of methoxy groups -OCH3 is 2. The third-order valence-corrected chi connectivity index (χ3v) is 4.88. The van der Waals surface area contributed by atoms with Crippen LogP contribution in [0.5, 0.6) is 11.5 Å². The summed E-state index contributed by atoms with van der Waals surface area (Å²) in [7, 11) is 3.03. The minimum atomic E-state index is -0.327. The molecule has 4 rings (SSSR count). The Morgan fingerprint density at radius 2 is 1.73 bits per heavy atom. The molecule has 0 radical (unpaired) electrons. The van der Waals surface area contributed by atoms with Gasteiger partial charge in [-0.25, -0.2) is 4.98 Å². The second kappa shape index (κ2) is 8.29. The average Bonchev–Trinajstić information content (AvgIpc) is 3.22. The summed E-state index contributed by atoms with van der Waals surface area (Å²) in [5, 5.41) is 2.90. The molecule has 0 saturated heterocycles. The number of anilines is 1. The number of aryl methyl sites for hydroxylation is 1. The summed E-state index contributed by atoms with van der Waals surface area (Å²) < 4.78 is 16.6. The van der Waals surface area contributed by atoms with E-state index < -0.39 is 0 Å². The first-order valence-electron chi connectivity index (χ1n) is 9.65. The van der Waals surface area contributed by atoms with Gasteiger partial charge in [-0.05, 0) is 54.4 Å². The van der Waals surface area contributed by atoms with Gasteiger partial charge < -0.3 is 19.2 Å². The summed E-state index contributed by atoms with van der Waals surface area (Å²) in [5.41, 5.74) is 4.47. The number of nitrogens with zero attached hydrogens (tertiary/aromatic N) is 1. The molecule has 0 aliphatic carbocycles. The zero-order valence-corrected chi connectivity index (χ0v) is 17.1. The predicted molar refractivity (Wildman–Crippen MR) is 116 cm³/mol. The van der Waals surface area contributed by atoms with Crippen LogP contribution in [0.2, 0.25) is 0 Å². The normalized spacial score (nSPS) is 10.8. The molecule has 0 fully saturated rings. The molecule has 6 nitrogen and oxygen atoms in total. The molecule has 0 aliphatic heterocycles. The highest BCUT2D eigenvalue weighted by Crippen LogP contribution is 2.30. The van der Waals surface area contributed by atoms with Crippen LogP contribution in [0.3, 0.4) is 0 Å². The van der Waals surface area contributed by atoms with Crippen molar-refractivity contribution in [1.29, 1.82) is 0 Å². The number of fused-ring (bicyclic) bond motifs is 1. The van der Waals surface area contributed by atoms with Crippen LogP contribution in [-0.2, 0) is 6.42 Å². The average molecular weight is 402 g/mol. The van der Waals surface area contributed by atoms with Gasteiger partial charge in [-0.2, -0.15) is 0 Å². The Kier molecular flexibility index (Phi) is 5.39. The SMILES string of the molecule is CCc1ccc2oc(-c3cccc(NC(=O)c4c(OC)cccc4OC)c3)nc2c1. The van der Waals surface area contributed by atoms with Gasteiger partial charge in [0, 0.05) is 11.3 Å². The number of rotatable bonds is 6. The van der Waals surface area contributed by atoms with Crippen LogP contribution in [0, 0.1) is 0 Å². The van der Waals surface area contributed by atoms with Gasteiger partial charge in [0.2, 0.25) is 5.89 Å². The number of ether oxygens (including phenoxy) is 2. The molecule has 0 atom stereocenters. The second-order valence-electron chi connectivity index (χ2n) is 6.75. The Bertz CT molecular complexity index is 1190. The van der Waals surface area contributed by atoms with Gasteiger partial charge in [-0.15, -0.1) is 0 Å². The van der Waals surface area contributed by atoms with Crippen LogP contribution >= 0.6 is 0 Å². The Labute approximate surface area is 174 Å². The van der Waals surface area contributed by atoms with Gasteiger partial charge >= 0.3 is 0 Å². The maximum Gasteiger partial charge on any atom is 0.263 e. The minimum Gasteiger partial charge on any atom is -0.496 e. The van der Waals surface area contributed by atoms with E-state index >= 15 is 0 Å². The van der Waals surface area contributed by atoms with Crippen molar-refractivity contribution in [3.8, 4) is 23.0 Å². The number of hydrogen-bond acceptors (Lipinski definition) is 5. The van der Waals surface area contributed by atoms with Gasteiger partial charge in [0.25, 0.3) is 5.91 Å². The number of nitrogens with one attached hydrogen (secondary N) is 1. The molecule has 1 aromatic heterocycles. The topological polar surface area (TPSA) is 73.6 Å². The standard InChI is InChI=1S/C24H22N2O4/c1-4-15-11-12-19-18(13-15)26-24(30-19)16-7-5-8-17(14-16)25-23(27)22-20(28-2)9-6-10-21(22)29-3/h5-14H,4H2,1-3H3,(H,25,27). The summed E-state index contributed by atoms with van der Waals surface area (Å²) in [6.07, 6.45) is 0.937. The predicted octanol–water partition coefficient (Wildman–Crippen LogP) is 5.33. The third-order valence-electron chi connectivity index (χ3n) is 4.88. The number of amides is 1. The highest BCUT2D eigenvalue weighted by Gasteiger charge is 2.19. The van der Waals surface area contributed by atoms with E-state index in [4.69, 9.17) is 13.9 Å². The van der Waals surface area contributed by atoms with Gasteiger partial charge in [0.15, 0.2) is 5.58 Å². The van der Waals surface area contributed by atoms with E-state index in [-0.39, 0.29) is 5.91 Å². The lowest BCUT2D eigenvalue weighted by molar-refractivity contribution is 0.102. The Balaban J connectivity index is 1.64. The monoisotopic (exact) mass is 402 g/mol. The fraction of sp³-hybridized carbons (Fsp3) is 0.167. The number of benzene rings is 3. The first-order valence-corrected chi connectivity index (χ1v) is 9.65. The van der Waals surface area contributed by atoms with E-state index in [1.165, 1.54) is 19.8 Å². The second-order valence-corrected chi connectivity index (χ2v) is 6.75. The van der Waals surface area contributed by atoms with Crippen LogP contribution in [0.1, 0.15) is 22.8 Å². The van der Waals surface area contributed by atoms with Crippen LogP contribution < -0.4 is 14.8 Å². The molecule has 0 unspecified atom stereocenters. The van der Waals surface area contributed by atoms with E-state index in [1.54, 1.807) is 24.3 Å². The van der Waals surface area contributed by atoms with Crippen LogP contribution in [0.15, 0.2) is 65.1 Å². The number of hydrogen-bond donors (Lipinski definition) is 1. The smallest absolute Gasteiger partial charge is 0.263 e. The molecule has 0 bridgehead atoms. The molecule has 6 heteroatoms. The van der Waals surface area contributed by atoms with Crippen LogP contribution in [-0.4, -0.2) is 25.1 Å². The highest BCUT2D eigenvalue weighted by molar-refractivity contribution is 6.08. The minimum absolute atomic E-state index is 0.327. The van der Waals surface area contributed by atoms with Crippen molar-refractivity contribution >= 4 is 22.7 Å². The van der Waals surface area contributed by atoms with E-state index in [9.17, 15) is 4.79 Å². The molecule has 4 aromatic rings. The van der Waals surface area contributed by atoms with E-state index in [1.807, 2.05) is 36.4 Å². The van der Waals surface area contributed by atoms with E-state index in [2.05, 4.69) is 17.2 Å². The Morgan fingerprint density at radius 3 is 2.43 bits per heavy atom. The van der Waals surface area contributed by atoms with Crippen LogP contribution in [0.4, 0.5) is 5.69 Å². The lowest BCUT2D eigenvalue weighted by Crippen LogP contribution is -2.14. The lowest BCUT2D eigenvalue weighted by Gasteiger charge is -2.13. The maximum atomic E-state index is 12.9. The van der Waals surface area contributed by atoms with Crippen molar-refractivity contribution in [2.75, 3.05) is 19.5 Å². The molecule has 152 valence electrons. The lowest BCUT2D eigenvalue weighted by atomic mass is 10.1. The van der Waals surface area contributed by atoms with Crippen molar-refractivity contribution in [2.24, 2.45) is 0 Å². The largest absolute Gasteiger partial charge is 0.496 e. The first kappa shape index (κ1) is 19.5. The molecular weight excluding hydrogens is 380 g/mol. The van der Waals surface area contributed by atoms with Crippen molar-refractivity contribution in [1.82, 2.24) is 4.98 Å². The molecule has 0 aliphatic rings. The van der Waals surface area contributed by atoms with Gasteiger partial charge in [-0.3, -0.25) is 4.79 Å². The summed E-state index contributed by atoms with van der Waals surface area (Å²) in [4.78, 5) is 17.5. The Morgan fingerprint density at radius 1 is 1.00 bits per heavy atom. The van der Waals surface area contributed by atoms with Crippen molar-refractivity contribution in [3.05, 3.63) is 71.8 Å². The van der Waals surface area contributed by atoms with E-state index in [0.717, 1.165) is 23.1 Å². The summed E-state index contributed by atoms with van der Waals surface area (Å²) in [5.74, 6) is 1.05. The number of aromatic nitrogens is 1. The van der Waals surface area contributed by atoms with Gasteiger partial charge in [0.05, 0.1) is 14.2 Å². The third kappa shape index (κ3) is 3.72. The molecule has 3 aromatic carbocycles. The van der Waals surface area contributed by atoms with Crippen molar-refractivity contribution in [3.63, 3.8) is 0 Å². The fourth-order valence-corrected chi connectivity index (χ4v) is 3.31. The quantitative estimate of drug-likeness (QED) is 0.472. The molecule has 1 N–H and O–H groups in total. The molecule has 0 saturated carbocycles. The number of carbonyl (C=O) groups excluding carboxylic acids is 1. The first-order chi connectivity index (χ1) is 14.6. The van der Waals surface area contributed by atoms with Gasteiger partial charge in [0.1, 0.15) is 22.6 Å². The zero-order chi connectivity index (χ0) is 21.1.